The molecule has 6 nitrogen and oxygen atoms in total. The number of nitrogens with zero attached hydrogens (tertiary/aromatic N) is 2. The number of ether oxygens (including phenoxy) is 1. The zero-order valence-corrected chi connectivity index (χ0v) is 13.7. The molecule has 1 N–H and O–H groups in total. The fourth-order valence-electron chi connectivity index (χ4n) is 2.31. The second kappa shape index (κ2) is 8.24. The van der Waals surface area contributed by atoms with Crippen molar-refractivity contribution in [1.29, 1.82) is 0 Å². The molecule has 0 spiro atoms. The first-order chi connectivity index (χ1) is 11.5. The number of rotatable bonds is 7. The molecule has 0 bridgehead atoms. The highest BCUT2D eigenvalue weighted by Crippen LogP contribution is 2.14. The molecule has 0 aliphatic carbocycles. The van der Waals surface area contributed by atoms with Crippen LogP contribution < -0.4 is 5.32 Å². The van der Waals surface area contributed by atoms with Gasteiger partial charge in [-0.15, -0.1) is 0 Å². The fraction of sp³-hybridized carbons (Fsp3) is 0.353. The summed E-state index contributed by atoms with van der Waals surface area (Å²) in [5.74, 6) is -1.89. The summed E-state index contributed by atoms with van der Waals surface area (Å²) in [7, 11) is 1.27. The van der Waals surface area contributed by atoms with Crippen molar-refractivity contribution < 1.29 is 18.7 Å². The van der Waals surface area contributed by atoms with E-state index in [-0.39, 0.29) is 24.7 Å². The monoisotopic (exact) mass is 333 g/mol. The lowest BCUT2D eigenvalue weighted by atomic mass is 9.98. The zero-order chi connectivity index (χ0) is 17.5. The van der Waals surface area contributed by atoms with E-state index in [1.54, 1.807) is 29.1 Å². The Morgan fingerprint density at radius 1 is 1.38 bits per heavy atom. The lowest BCUT2D eigenvalue weighted by Gasteiger charge is -2.15. The first-order valence-electron chi connectivity index (χ1n) is 7.67. The van der Waals surface area contributed by atoms with Gasteiger partial charge in [0.2, 0.25) is 0 Å². The molecular weight excluding hydrogens is 313 g/mol. The topological polar surface area (TPSA) is 73.2 Å². The highest BCUT2D eigenvalue weighted by Gasteiger charge is 2.22. The lowest BCUT2D eigenvalue weighted by Crippen LogP contribution is -2.34. The van der Waals surface area contributed by atoms with Gasteiger partial charge in [-0.2, -0.15) is 5.10 Å². The van der Waals surface area contributed by atoms with Crippen LogP contribution in [0.1, 0.15) is 22.8 Å². The molecule has 1 atom stereocenters. The highest BCUT2D eigenvalue weighted by atomic mass is 19.1. The molecule has 0 aliphatic rings. The van der Waals surface area contributed by atoms with Gasteiger partial charge in [0.15, 0.2) is 0 Å². The molecular formula is C17H20FN3O3. The van der Waals surface area contributed by atoms with Crippen LogP contribution in [-0.4, -0.2) is 35.3 Å². The first-order valence-corrected chi connectivity index (χ1v) is 7.67. The van der Waals surface area contributed by atoms with E-state index >= 15 is 0 Å². The van der Waals surface area contributed by atoms with Crippen LogP contribution in [0.25, 0.3) is 0 Å². The van der Waals surface area contributed by atoms with Crippen LogP contribution in [0, 0.1) is 11.7 Å². The van der Waals surface area contributed by atoms with E-state index in [1.165, 1.54) is 19.4 Å². The van der Waals surface area contributed by atoms with Gasteiger partial charge in [-0.05, 0) is 25.0 Å². The Hall–Kier alpha value is -2.70. The van der Waals surface area contributed by atoms with E-state index in [0.29, 0.717) is 17.7 Å². The van der Waals surface area contributed by atoms with Crippen molar-refractivity contribution in [2.45, 2.75) is 19.9 Å². The number of amides is 1. The summed E-state index contributed by atoms with van der Waals surface area (Å²) in [6, 6.07) is 6.23. The number of benzene rings is 1. The molecule has 128 valence electrons. The van der Waals surface area contributed by atoms with Crippen LogP contribution in [-0.2, 0) is 22.5 Å². The molecule has 2 rings (SSSR count). The summed E-state index contributed by atoms with van der Waals surface area (Å²) in [5, 5.41) is 6.70. The second-order valence-electron chi connectivity index (χ2n) is 5.31. The molecule has 24 heavy (non-hydrogen) atoms. The van der Waals surface area contributed by atoms with Gasteiger partial charge in [0.25, 0.3) is 5.91 Å². The Labute approximate surface area is 139 Å². The molecule has 1 unspecified atom stereocenters. The summed E-state index contributed by atoms with van der Waals surface area (Å²) in [5.41, 5.74) is 0.812. The number of hydrogen-bond donors (Lipinski definition) is 1. The van der Waals surface area contributed by atoms with Crippen LogP contribution in [0.3, 0.4) is 0 Å². The smallest absolute Gasteiger partial charge is 0.310 e. The average Bonchev–Trinajstić information content (AvgIpc) is 3.08. The minimum atomic E-state index is -0.669. The molecule has 0 aliphatic heterocycles. The van der Waals surface area contributed by atoms with E-state index in [1.807, 2.05) is 6.92 Å². The Balaban J connectivity index is 2.02. The highest BCUT2D eigenvalue weighted by molar-refractivity contribution is 5.93. The standard InChI is InChI=1S/C17H20FN3O3/c1-3-21-11-14(10-20-21)16(22)19-9-13(17(23)24-2)8-12-6-4-5-7-15(12)18/h4-7,10-11,13H,3,8-9H2,1-2H3,(H,19,22). The van der Waals surface area contributed by atoms with Crippen molar-refractivity contribution in [1.82, 2.24) is 15.1 Å². The van der Waals surface area contributed by atoms with Crippen molar-refractivity contribution in [3.63, 3.8) is 0 Å². The molecule has 0 radical (unpaired) electrons. The predicted molar refractivity (Wildman–Crippen MR) is 85.8 cm³/mol. The van der Waals surface area contributed by atoms with Gasteiger partial charge in [-0.3, -0.25) is 14.3 Å². The summed E-state index contributed by atoms with van der Waals surface area (Å²) >= 11 is 0. The molecule has 1 aromatic heterocycles. The number of halogens is 1. The minimum Gasteiger partial charge on any atom is -0.469 e. The number of aromatic nitrogens is 2. The van der Waals surface area contributed by atoms with E-state index < -0.39 is 11.9 Å². The third-order valence-electron chi connectivity index (χ3n) is 3.69. The van der Waals surface area contributed by atoms with E-state index in [2.05, 4.69) is 10.4 Å². The number of nitrogens with one attached hydrogen (secondary N) is 1. The van der Waals surface area contributed by atoms with E-state index in [0.717, 1.165) is 0 Å². The first kappa shape index (κ1) is 17.7. The number of hydrogen-bond acceptors (Lipinski definition) is 4. The van der Waals surface area contributed by atoms with Gasteiger partial charge in [-0.1, -0.05) is 18.2 Å². The Morgan fingerprint density at radius 3 is 2.75 bits per heavy atom. The molecule has 1 amide bonds. The van der Waals surface area contributed by atoms with E-state index in [9.17, 15) is 14.0 Å². The molecule has 2 aromatic rings. The quantitative estimate of drug-likeness (QED) is 0.784. The van der Waals surface area contributed by atoms with Gasteiger partial charge >= 0.3 is 5.97 Å². The molecule has 1 aromatic carbocycles. The SMILES string of the molecule is CCn1cc(C(=O)NCC(Cc2ccccc2F)C(=O)OC)cn1. The largest absolute Gasteiger partial charge is 0.469 e. The minimum absolute atomic E-state index is 0.0527. The summed E-state index contributed by atoms with van der Waals surface area (Å²) in [6.45, 7) is 2.62. The van der Waals surface area contributed by atoms with Gasteiger partial charge in [0.05, 0.1) is 24.8 Å². The Kier molecular flexibility index (Phi) is 6.06. The zero-order valence-electron chi connectivity index (χ0n) is 13.7. The Bertz CT molecular complexity index is 715. The van der Waals surface area contributed by atoms with Gasteiger partial charge in [-0.25, -0.2) is 4.39 Å². The number of carbonyl (C=O) groups excluding carboxylic acids is 2. The summed E-state index contributed by atoms with van der Waals surface area (Å²) < 4.78 is 20.2. The summed E-state index contributed by atoms with van der Waals surface area (Å²) in [6.07, 6.45) is 3.23. The normalized spacial score (nSPS) is 11.8. The van der Waals surface area contributed by atoms with Crippen LogP contribution in [0.5, 0.6) is 0 Å². The van der Waals surface area contributed by atoms with Crippen LogP contribution in [0.2, 0.25) is 0 Å². The van der Waals surface area contributed by atoms with E-state index in [4.69, 9.17) is 4.74 Å². The molecule has 0 saturated heterocycles. The number of methoxy groups -OCH3 is 1. The third kappa shape index (κ3) is 4.41. The van der Waals surface area contributed by atoms with Crippen molar-refractivity contribution in [2.75, 3.05) is 13.7 Å². The fourth-order valence-corrected chi connectivity index (χ4v) is 2.31. The van der Waals surface area contributed by atoms with Crippen LogP contribution in [0.4, 0.5) is 4.39 Å². The van der Waals surface area contributed by atoms with Crippen molar-refractivity contribution in [3.8, 4) is 0 Å². The maximum Gasteiger partial charge on any atom is 0.310 e. The van der Waals surface area contributed by atoms with Crippen LogP contribution in [0.15, 0.2) is 36.7 Å². The summed E-state index contributed by atoms with van der Waals surface area (Å²) in [4.78, 5) is 24.0. The predicted octanol–water partition coefficient (Wildman–Crippen LogP) is 1.80. The Morgan fingerprint density at radius 2 is 2.12 bits per heavy atom. The van der Waals surface area contributed by atoms with Crippen molar-refractivity contribution in [3.05, 3.63) is 53.6 Å². The second-order valence-corrected chi connectivity index (χ2v) is 5.31. The van der Waals surface area contributed by atoms with Crippen LogP contribution >= 0.6 is 0 Å². The maximum absolute atomic E-state index is 13.8. The average molecular weight is 333 g/mol. The van der Waals surface area contributed by atoms with Gasteiger partial charge in [0, 0.05) is 19.3 Å². The molecule has 0 fully saturated rings. The lowest BCUT2D eigenvalue weighted by molar-refractivity contribution is -0.145. The maximum atomic E-state index is 13.8. The number of carbonyl (C=O) groups is 2. The third-order valence-corrected chi connectivity index (χ3v) is 3.69. The van der Waals surface area contributed by atoms with Gasteiger partial charge < -0.3 is 10.1 Å². The molecule has 7 heteroatoms. The number of aryl methyl sites for hydroxylation is 1. The van der Waals surface area contributed by atoms with Gasteiger partial charge in [0.1, 0.15) is 5.82 Å². The number of esters is 1. The molecule has 0 saturated carbocycles. The van der Waals surface area contributed by atoms with Crippen molar-refractivity contribution in [2.24, 2.45) is 5.92 Å². The van der Waals surface area contributed by atoms with Crippen molar-refractivity contribution >= 4 is 11.9 Å². The molecule has 1 heterocycles.